The second-order valence-electron chi connectivity index (χ2n) is 5.22. The third-order valence-corrected chi connectivity index (χ3v) is 3.87. The van der Waals surface area contributed by atoms with Crippen molar-refractivity contribution in [3.63, 3.8) is 0 Å². The Morgan fingerprint density at radius 1 is 0.750 bits per heavy atom. The van der Waals surface area contributed by atoms with Crippen LogP contribution in [0.3, 0.4) is 0 Å². The van der Waals surface area contributed by atoms with Crippen molar-refractivity contribution in [2.75, 3.05) is 0 Å². The van der Waals surface area contributed by atoms with Crippen molar-refractivity contribution in [2.45, 2.75) is 6.42 Å². The van der Waals surface area contributed by atoms with E-state index in [1.165, 1.54) is 32.8 Å². The minimum Gasteiger partial charge on any atom is -0.361 e. The van der Waals surface area contributed by atoms with Crippen molar-refractivity contribution < 1.29 is 0 Å². The number of benzene rings is 3. The molecule has 1 heterocycles. The molecule has 3 aromatic carbocycles. The fourth-order valence-corrected chi connectivity index (χ4v) is 2.83. The Morgan fingerprint density at radius 2 is 1.45 bits per heavy atom. The van der Waals surface area contributed by atoms with Crippen LogP contribution < -0.4 is 0 Å². The van der Waals surface area contributed by atoms with Crippen LogP contribution in [0.1, 0.15) is 11.1 Å². The SMILES string of the molecule is c1ccc(Cc2c[nH]c3cc4ccccc4cc23)cc1. The Morgan fingerprint density at radius 3 is 2.25 bits per heavy atom. The van der Waals surface area contributed by atoms with Gasteiger partial charge in [0, 0.05) is 17.1 Å². The smallest absolute Gasteiger partial charge is 0.0463 e. The van der Waals surface area contributed by atoms with Crippen LogP contribution in [0.4, 0.5) is 0 Å². The molecule has 4 rings (SSSR count). The van der Waals surface area contributed by atoms with Crippen molar-refractivity contribution in [1.82, 2.24) is 4.98 Å². The van der Waals surface area contributed by atoms with E-state index in [0.717, 1.165) is 6.42 Å². The number of aromatic nitrogens is 1. The van der Waals surface area contributed by atoms with Gasteiger partial charge in [0.15, 0.2) is 0 Å². The lowest BCUT2D eigenvalue weighted by molar-refractivity contribution is 1.21. The highest BCUT2D eigenvalue weighted by Gasteiger charge is 2.06. The standard InChI is InChI=1S/C19H15N/c1-2-6-14(7-3-1)10-17-13-20-19-12-16-9-5-4-8-15(16)11-18(17)19/h1-9,11-13,20H,10H2. The predicted molar refractivity (Wildman–Crippen MR) is 85.1 cm³/mol. The average Bonchev–Trinajstić information content (AvgIpc) is 2.88. The normalized spacial score (nSPS) is 11.2. The second kappa shape index (κ2) is 4.53. The molecule has 1 heteroatoms. The fraction of sp³-hybridized carbons (Fsp3) is 0.0526. The zero-order valence-corrected chi connectivity index (χ0v) is 11.1. The summed E-state index contributed by atoms with van der Waals surface area (Å²) in [5.74, 6) is 0. The Hall–Kier alpha value is -2.54. The van der Waals surface area contributed by atoms with Crippen LogP contribution in [0, 0.1) is 0 Å². The van der Waals surface area contributed by atoms with E-state index >= 15 is 0 Å². The lowest BCUT2D eigenvalue weighted by Gasteiger charge is -2.02. The van der Waals surface area contributed by atoms with E-state index < -0.39 is 0 Å². The Labute approximate surface area is 117 Å². The molecular weight excluding hydrogens is 242 g/mol. The van der Waals surface area contributed by atoms with E-state index in [9.17, 15) is 0 Å². The van der Waals surface area contributed by atoms with E-state index in [1.54, 1.807) is 0 Å². The van der Waals surface area contributed by atoms with Crippen LogP contribution in [0.25, 0.3) is 21.7 Å². The summed E-state index contributed by atoms with van der Waals surface area (Å²) in [5, 5.41) is 3.91. The largest absolute Gasteiger partial charge is 0.361 e. The number of rotatable bonds is 2. The van der Waals surface area contributed by atoms with Gasteiger partial charge < -0.3 is 4.98 Å². The molecule has 0 bridgehead atoms. The van der Waals surface area contributed by atoms with Crippen LogP contribution in [-0.4, -0.2) is 4.98 Å². The maximum absolute atomic E-state index is 3.40. The summed E-state index contributed by atoms with van der Waals surface area (Å²) < 4.78 is 0. The highest BCUT2D eigenvalue weighted by atomic mass is 14.7. The van der Waals surface area contributed by atoms with Crippen molar-refractivity contribution in [1.29, 1.82) is 0 Å². The summed E-state index contributed by atoms with van der Waals surface area (Å²) in [5.41, 5.74) is 3.92. The quantitative estimate of drug-likeness (QED) is 0.525. The molecule has 0 fully saturated rings. The zero-order chi connectivity index (χ0) is 13.4. The molecule has 96 valence electrons. The van der Waals surface area contributed by atoms with Gasteiger partial charge in [-0.2, -0.15) is 0 Å². The minimum atomic E-state index is 0.971. The number of hydrogen-bond acceptors (Lipinski definition) is 0. The summed E-state index contributed by atoms with van der Waals surface area (Å²) in [6.45, 7) is 0. The molecule has 0 saturated carbocycles. The third kappa shape index (κ3) is 1.88. The van der Waals surface area contributed by atoms with Gasteiger partial charge in [0.2, 0.25) is 0 Å². The topological polar surface area (TPSA) is 15.8 Å². The monoisotopic (exact) mass is 257 g/mol. The summed E-state index contributed by atoms with van der Waals surface area (Å²) >= 11 is 0. The zero-order valence-electron chi connectivity index (χ0n) is 11.1. The first-order valence-corrected chi connectivity index (χ1v) is 6.93. The van der Waals surface area contributed by atoms with E-state index in [-0.39, 0.29) is 0 Å². The average molecular weight is 257 g/mol. The highest BCUT2D eigenvalue weighted by Crippen LogP contribution is 2.26. The van der Waals surface area contributed by atoms with Crippen LogP contribution in [0.15, 0.2) is 72.9 Å². The molecule has 0 aliphatic carbocycles. The van der Waals surface area contributed by atoms with E-state index in [2.05, 4.69) is 77.9 Å². The summed E-state index contributed by atoms with van der Waals surface area (Å²) in [4.78, 5) is 3.40. The first-order valence-electron chi connectivity index (χ1n) is 6.93. The number of hydrogen-bond donors (Lipinski definition) is 1. The molecule has 0 saturated heterocycles. The molecule has 4 aromatic rings. The van der Waals surface area contributed by atoms with Gasteiger partial charge in [0.1, 0.15) is 0 Å². The van der Waals surface area contributed by atoms with Crippen molar-refractivity contribution in [3.8, 4) is 0 Å². The van der Waals surface area contributed by atoms with Crippen LogP contribution in [-0.2, 0) is 6.42 Å². The number of aromatic amines is 1. The van der Waals surface area contributed by atoms with Crippen LogP contribution >= 0.6 is 0 Å². The van der Waals surface area contributed by atoms with Gasteiger partial charge in [-0.1, -0.05) is 54.6 Å². The van der Waals surface area contributed by atoms with Gasteiger partial charge in [-0.05, 0) is 40.5 Å². The number of fused-ring (bicyclic) bond motifs is 2. The Balaban J connectivity index is 1.86. The lowest BCUT2D eigenvalue weighted by Crippen LogP contribution is -1.85. The van der Waals surface area contributed by atoms with Gasteiger partial charge in [-0.25, -0.2) is 0 Å². The fourth-order valence-electron chi connectivity index (χ4n) is 2.83. The maximum Gasteiger partial charge on any atom is 0.0463 e. The molecule has 1 aromatic heterocycles. The van der Waals surface area contributed by atoms with Crippen molar-refractivity contribution in [2.24, 2.45) is 0 Å². The van der Waals surface area contributed by atoms with Crippen LogP contribution in [0.5, 0.6) is 0 Å². The van der Waals surface area contributed by atoms with Crippen molar-refractivity contribution >= 4 is 21.7 Å². The second-order valence-corrected chi connectivity index (χ2v) is 5.22. The van der Waals surface area contributed by atoms with E-state index in [4.69, 9.17) is 0 Å². The number of H-pyrrole nitrogens is 1. The molecule has 0 atom stereocenters. The van der Waals surface area contributed by atoms with Gasteiger partial charge in [-0.15, -0.1) is 0 Å². The molecule has 0 radical (unpaired) electrons. The van der Waals surface area contributed by atoms with Gasteiger partial charge in [0.25, 0.3) is 0 Å². The molecule has 20 heavy (non-hydrogen) atoms. The van der Waals surface area contributed by atoms with Gasteiger partial charge in [-0.3, -0.25) is 0 Å². The first kappa shape index (κ1) is 11.3. The summed E-state index contributed by atoms with van der Waals surface area (Å²) in [6, 6.07) is 23.7. The lowest BCUT2D eigenvalue weighted by atomic mass is 10.0. The molecule has 1 nitrogen and oxygen atoms in total. The summed E-state index contributed by atoms with van der Waals surface area (Å²) in [7, 11) is 0. The van der Waals surface area contributed by atoms with E-state index in [1.807, 2.05) is 0 Å². The molecule has 0 aliphatic heterocycles. The number of nitrogens with one attached hydrogen (secondary N) is 1. The summed E-state index contributed by atoms with van der Waals surface area (Å²) in [6.07, 6.45) is 3.11. The molecule has 0 aliphatic rings. The third-order valence-electron chi connectivity index (χ3n) is 3.87. The Bertz CT molecular complexity index is 872. The Kier molecular flexibility index (Phi) is 2.56. The highest BCUT2D eigenvalue weighted by molar-refractivity contribution is 5.98. The minimum absolute atomic E-state index is 0.971. The molecule has 1 N–H and O–H groups in total. The van der Waals surface area contributed by atoms with Crippen molar-refractivity contribution in [3.05, 3.63) is 84.1 Å². The first-order chi connectivity index (χ1) is 9.90. The van der Waals surface area contributed by atoms with Crippen LogP contribution in [0.2, 0.25) is 0 Å². The van der Waals surface area contributed by atoms with E-state index in [0.29, 0.717) is 0 Å². The maximum atomic E-state index is 3.40. The van der Waals surface area contributed by atoms with Gasteiger partial charge in [0.05, 0.1) is 0 Å². The molecule has 0 amide bonds. The molecular formula is C19H15N. The molecule has 0 spiro atoms. The van der Waals surface area contributed by atoms with Gasteiger partial charge >= 0.3 is 0 Å². The predicted octanol–water partition coefficient (Wildman–Crippen LogP) is 4.91. The molecule has 0 unspecified atom stereocenters.